The van der Waals surface area contributed by atoms with Gasteiger partial charge in [0.15, 0.2) is 5.76 Å². The number of aliphatic hydroxyl groups is 1. The van der Waals surface area contributed by atoms with Crippen molar-refractivity contribution >= 4 is 23.0 Å². The minimum atomic E-state index is -0.712. The van der Waals surface area contributed by atoms with Gasteiger partial charge < -0.3 is 19.3 Å². The minimum Gasteiger partial charge on any atom is -0.503 e. The van der Waals surface area contributed by atoms with Crippen LogP contribution < -0.4 is 0 Å². The molecule has 0 unspecified atom stereocenters. The third kappa shape index (κ3) is 3.70. The van der Waals surface area contributed by atoms with Gasteiger partial charge in [0.2, 0.25) is 5.78 Å². The maximum atomic E-state index is 13.0. The van der Waals surface area contributed by atoms with Gasteiger partial charge >= 0.3 is 0 Å². The summed E-state index contributed by atoms with van der Waals surface area (Å²) in [4.78, 5) is 30.0. The van der Waals surface area contributed by atoms with E-state index in [0.29, 0.717) is 29.5 Å². The predicted molar refractivity (Wildman–Crippen MR) is 104 cm³/mol. The van der Waals surface area contributed by atoms with E-state index in [-0.39, 0.29) is 11.4 Å². The number of aliphatic hydroxyl groups excluding tert-OH is 1. The number of ketones is 1. The molecule has 1 amide bonds. The summed E-state index contributed by atoms with van der Waals surface area (Å²) in [6.07, 6.45) is 0. The first-order valence-electron chi connectivity index (χ1n) is 9.08. The van der Waals surface area contributed by atoms with Crippen molar-refractivity contribution in [2.75, 3.05) is 26.2 Å². The molecule has 1 aliphatic rings. The highest BCUT2D eigenvalue weighted by Gasteiger charge is 2.45. The van der Waals surface area contributed by atoms with Gasteiger partial charge in [-0.2, -0.15) is 0 Å². The molecule has 2 aromatic heterocycles. The number of rotatable bonds is 8. The fourth-order valence-electron chi connectivity index (χ4n) is 3.34. The van der Waals surface area contributed by atoms with Gasteiger partial charge in [0, 0.05) is 13.1 Å². The SMILES string of the molecule is CCN(CC)CCN1C(=O)C(O)=C(C(=O)c2cccs2)[C@@H]1c1ccc(C)o1. The Hall–Kier alpha value is -2.38. The lowest BCUT2D eigenvalue weighted by atomic mass is 10.0. The van der Waals surface area contributed by atoms with E-state index >= 15 is 0 Å². The Morgan fingerprint density at radius 1 is 1.30 bits per heavy atom. The largest absolute Gasteiger partial charge is 0.503 e. The highest BCUT2D eigenvalue weighted by molar-refractivity contribution is 7.12. The summed E-state index contributed by atoms with van der Waals surface area (Å²) in [6, 6.07) is 6.32. The highest BCUT2D eigenvalue weighted by Crippen LogP contribution is 2.39. The van der Waals surface area contributed by atoms with Gasteiger partial charge in [-0.05, 0) is 43.6 Å². The molecule has 2 aromatic rings. The average Bonchev–Trinajstić information content (AvgIpc) is 3.38. The number of hydrogen-bond acceptors (Lipinski definition) is 6. The number of likely N-dealkylation sites (N-methyl/N-ethyl adjacent to an activating group) is 1. The Bertz CT molecular complexity index is 849. The lowest BCUT2D eigenvalue weighted by molar-refractivity contribution is -0.129. The van der Waals surface area contributed by atoms with E-state index in [2.05, 4.69) is 18.7 Å². The molecular formula is C20H24N2O4S. The van der Waals surface area contributed by atoms with Crippen LogP contribution in [0.1, 0.15) is 41.1 Å². The zero-order valence-corrected chi connectivity index (χ0v) is 16.6. The zero-order valence-electron chi connectivity index (χ0n) is 15.8. The molecule has 0 saturated carbocycles. The molecule has 0 radical (unpaired) electrons. The molecule has 0 aliphatic carbocycles. The highest BCUT2D eigenvalue weighted by atomic mass is 32.1. The van der Waals surface area contributed by atoms with Gasteiger partial charge in [-0.15, -0.1) is 11.3 Å². The van der Waals surface area contributed by atoms with Crippen LogP contribution in [0.15, 0.2) is 45.4 Å². The molecule has 0 spiro atoms. The normalized spacial score (nSPS) is 17.4. The molecule has 27 heavy (non-hydrogen) atoms. The van der Waals surface area contributed by atoms with Crippen molar-refractivity contribution in [3.63, 3.8) is 0 Å². The molecular weight excluding hydrogens is 364 g/mol. The standard InChI is InChI=1S/C20H24N2O4S/c1-4-21(5-2)10-11-22-17(14-9-8-13(3)26-14)16(19(24)20(22)25)18(23)15-7-6-12-27-15/h6-9,12,17,24H,4-5,10-11H2,1-3H3/t17-/m0/s1. The molecule has 3 heterocycles. The third-order valence-electron chi connectivity index (χ3n) is 4.88. The smallest absolute Gasteiger partial charge is 0.290 e. The molecule has 0 saturated heterocycles. The van der Waals surface area contributed by atoms with Crippen molar-refractivity contribution in [1.82, 2.24) is 9.80 Å². The molecule has 6 nitrogen and oxygen atoms in total. The van der Waals surface area contributed by atoms with Crippen molar-refractivity contribution in [2.24, 2.45) is 0 Å². The van der Waals surface area contributed by atoms with E-state index in [4.69, 9.17) is 4.42 Å². The number of carbonyl (C=O) groups excluding carboxylic acids is 2. The molecule has 1 atom stereocenters. The van der Waals surface area contributed by atoms with Crippen LogP contribution in [0.25, 0.3) is 0 Å². The van der Waals surface area contributed by atoms with E-state index < -0.39 is 17.7 Å². The van der Waals surface area contributed by atoms with E-state index in [0.717, 1.165) is 13.1 Å². The van der Waals surface area contributed by atoms with Crippen LogP contribution in [0.3, 0.4) is 0 Å². The summed E-state index contributed by atoms with van der Waals surface area (Å²) >= 11 is 1.29. The van der Waals surface area contributed by atoms with Crippen LogP contribution in [0.4, 0.5) is 0 Å². The molecule has 1 aliphatic heterocycles. The number of hydrogen-bond donors (Lipinski definition) is 1. The van der Waals surface area contributed by atoms with Gasteiger partial charge in [-0.25, -0.2) is 0 Å². The second kappa shape index (κ2) is 8.10. The van der Waals surface area contributed by atoms with Crippen molar-refractivity contribution in [1.29, 1.82) is 0 Å². The summed E-state index contributed by atoms with van der Waals surface area (Å²) in [7, 11) is 0. The molecule has 1 N–H and O–H groups in total. The third-order valence-corrected chi connectivity index (χ3v) is 5.74. The molecule has 0 bridgehead atoms. The average molecular weight is 388 g/mol. The Labute approximate surface area is 162 Å². The second-order valence-electron chi connectivity index (χ2n) is 6.45. The monoisotopic (exact) mass is 388 g/mol. The molecule has 144 valence electrons. The second-order valence-corrected chi connectivity index (χ2v) is 7.39. The van der Waals surface area contributed by atoms with Gasteiger partial charge in [0.25, 0.3) is 5.91 Å². The summed E-state index contributed by atoms with van der Waals surface area (Å²) in [5.41, 5.74) is 0.0938. The zero-order chi connectivity index (χ0) is 19.6. The maximum absolute atomic E-state index is 13.0. The van der Waals surface area contributed by atoms with E-state index in [1.807, 2.05) is 6.92 Å². The van der Waals surface area contributed by atoms with Crippen molar-refractivity contribution in [3.8, 4) is 0 Å². The first-order valence-corrected chi connectivity index (χ1v) is 9.96. The summed E-state index contributed by atoms with van der Waals surface area (Å²) in [6.45, 7) is 8.71. The van der Waals surface area contributed by atoms with Gasteiger partial charge in [0.05, 0.1) is 10.5 Å². The van der Waals surface area contributed by atoms with Gasteiger partial charge in [-0.1, -0.05) is 19.9 Å². The molecule has 3 rings (SSSR count). The number of furan rings is 1. The summed E-state index contributed by atoms with van der Waals surface area (Å²) in [5, 5.41) is 12.3. The Morgan fingerprint density at radius 3 is 2.59 bits per heavy atom. The number of nitrogens with zero attached hydrogens (tertiary/aromatic N) is 2. The summed E-state index contributed by atoms with van der Waals surface area (Å²) in [5.74, 6) is -0.159. The van der Waals surface area contributed by atoms with Crippen LogP contribution in [0.2, 0.25) is 0 Å². The molecule has 0 aromatic carbocycles. The van der Waals surface area contributed by atoms with E-state index in [1.54, 1.807) is 29.6 Å². The fourth-order valence-corrected chi connectivity index (χ4v) is 4.02. The lowest BCUT2D eigenvalue weighted by Crippen LogP contribution is -2.38. The predicted octanol–water partition coefficient (Wildman–Crippen LogP) is 3.57. The van der Waals surface area contributed by atoms with E-state index in [9.17, 15) is 14.7 Å². The van der Waals surface area contributed by atoms with Crippen LogP contribution in [-0.2, 0) is 4.79 Å². The van der Waals surface area contributed by atoms with Crippen LogP contribution in [0.5, 0.6) is 0 Å². The number of thiophene rings is 1. The minimum absolute atomic E-state index is 0.0938. The van der Waals surface area contributed by atoms with Crippen LogP contribution in [0, 0.1) is 6.92 Å². The van der Waals surface area contributed by atoms with Crippen molar-refractivity contribution in [3.05, 3.63) is 57.4 Å². The van der Waals surface area contributed by atoms with Gasteiger partial charge in [-0.3, -0.25) is 9.59 Å². The number of aryl methyl sites for hydroxylation is 1. The van der Waals surface area contributed by atoms with Crippen LogP contribution in [-0.4, -0.2) is 52.8 Å². The van der Waals surface area contributed by atoms with E-state index in [1.165, 1.54) is 16.2 Å². The Kier molecular flexibility index (Phi) is 5.82. The Balaban J connectivity index is 1.97. The Morgan fingerprint density at radius 2 is 2.04 bits per heavy atom. The first kappa shape index (κ1) is 19.4. The number of carbonyl (C=O) groups is 2. The van der Waals surface area contributed by atoms with Gasteiger partial charge in [0.1, 0.15) is 17.6 Å². The topological polar surface area (TPSA) is 74.0 Å². The van der Waals surface area contributed by atoms with Crippen molar-refractivity contribution in [2.45, 2.75) is 26.8 Å². The fraction of sp³-hybridized carbons (Fsp3) is 0.400. The first-order chi connectivity index (χ1) is 13.0. The number of Topliss-reactive ketones (excluding diaryl/α,β-unsaturated/α-hetero) is 1. The van der Waals surface area contributed by atoms with Crippen molar-refractivity contribution < 1.29 is 19.1 Å². The molecule has 7 heteroatoms. The molecule has 0 fully saturated rings. The maximum Gasteiger partial charge on any atom is 0.290 e. The quantitative estimate of drug-likeness (QED) is 0.700. The summed E-state index contributed by atoms with van der Waals surface area (Å²) < 4.78 is 5.75. The number of amides is 1. The van der Waals surface area contributed by atoms with Crippen LogP contribution >= 0.6 is 11.3 Å². The lowest BCUT2D eigenvalue weighted by Gasteiger charge is -2.27.